The van der Waals surface area contributed by atoms with Gasteiger partial charge in [0.05, 0.1) is 0 Å². The molecule has 0 bridgehead atoms. The lowest BCUT2D eigenvalue weighted by Gasteiger charge is -2.39. The van der Waals surface area contributed by atoms with Crippen LogP contribution in [0.5, 0.6) is 0 Å². The van der Waals surface area contributed by atoms with Crippen LogP contribution in [0.15, 0.2) is 35.3 Å². The lowest BCUT2D eigenvalue weighted by atomic mass is 10.0. The quantitative estimate of drug-likeness (QED) is 0.855. The van der Waals surface area contributed by atoms with Gasteiger partial charge in [0.2, 0.25) is 0 Å². The number of amidine groups is 1. The molecule has 0 spiro atoms. The average Bonchev–Trinajstić information content (AvgIpc) is 2.55. The Morgan fingerprint density at radius 2 is 2.00 bits per heavy atom. The van der Waals surface area contributed by atoms with Crippen molar-refractivity contribution >= 4 is 16.9 Å². The van der Waals surface area contributed by atoms with E-state index >= 15 is 0 Å². The molecule has 3 rings (SSSR count). The molecule has 2 aliphatic rings. The smallest absolute Gasteiger partial charge is 0.159 e. The Morgan fingerprint density at radius 3 is 2.67 bits per heavy atom. The van der Waals surface area contributed by atoms with Crippen LogP contribution in [0, 0.1) is 0 Å². The third-order valence-corrected chi connectivity index (χ3v) is 5.47. The minimum absolute atomic E-state index is 0.644. The first-order chi connectivity index (χ1) is 10.3. The summed E-state index contributed by atoms with van der Waals surface area (Å²) in [5.41, 5.74) is 1.39. The van der Waals surface area contributed by atoms with Crippen LogP contribution in [0.1, 0.15) is 24.8 Å². The zero-order chi connectivity index (χ0) is 14.5. The molecule has 114 valence electrons. The first-order valence-electron chi connectivity index (χ1n) is 7.99. The summed E-state index contributed by atoms with van der Waals surface area (Å²) in [5, 5.41) is 1.28. The van der Waals surface area contributed by atoms with Crippen LogP contribution >= 0.6 is 11.8 Å². The predicted molar refractivity (Wildman–Crippen MR) is 91.9 cm³/mol. The summed E-state index contributed by atoms with van der Waals surface area (Å²) in [6, 6.07) is 11.5. The maximum atomic E-state index is 4.81. The Hall–Kier alpha value is -1.000. The molecular formula is C17H25N3S. The molecular weight excluding hydrogens is 278 g/mol. The summed E-state index contributed by atoms with van der Waals surface area (Å²) in [5.74, 6) is 1.22. The van der Waals surface area contributed by atoms with E-state index in [-0.39, 0.29) is 0 Å². The lowest BCUT2D eigenvalue weighted by molar-refractivity contribution is 0.174. The molecule has 1 saturated heterocycles. The van der Waals surface area contributed by atoms with Gasteiger partial charge in [0.1, 0.15) is 0 Å². The fourth-order valence-electron chi connectivity index (χ4n) is 3.06. The molecule has 0 saturated carbocycles. The normalized spacial score (nSPS) is 21.1. The van der Waals surface area contributed by atoms with E-state index in [9.17, 15) is 0 Å². The van der Waals surface area contributed by atoms with E-state index in [1.54, 1.807) is 0 Å². The van der Waals surface area contributed by atoms with Crippen LogP contribution in [0.2, 0.25) is 0 Å². The molecule has 0 aromatic heterocycles. The van der Waals surface area contributed by atoms with Crippen molar-refractivity contribution in [2.45, 2.75) is 31.8 Å². The van der Waals surface area contributed by atoms with Crippen LogP contribution in [-0.4, -0.2) is 53.4 Å². The first kappa shape index (κ1) is 14.9. The van der Waals surface area contributed by atoms with E-state index in [0.29, 0.717) is 6.04 Å². The van der Waals surface area contributed by atoms with Gasteiger partial charge in [-0.2, -0.15) is 0 Å². The summed E-state index contributed by atoms with van der Waals surface area (Å²) < 4.78 is 0. The van der Waals surface area contributed by atoms with Crippen molar-refractivity contribution in [3.05, 3.63) is 35.9 Å². The lowest BCUT2D eigenvalue weighted by Crippen LogP contribution is -2.45. The number of hydrogen-bond donors (Lipinski definition) is 0. The minimum atomic E-state index is 0.644. The Kier molecular flexibility index (Phi) is 5.20. The molecule has 1 aromatic rings. The Bertz CT molecular complexity index is 466. The number of nitrogens with zero attached hydrogens (tertiary/aromatic N) is 3. The highest BCUT2D eigenvalue weighted by Crippen LogP contribution is 2.25. The van der Waals surface area contributed by atoms with Crippen molar-refractivity contribution in [3.63, 3.8) is 0 Å². The molecule has 1 aromatic carbocycles. The number of aliphatic imine (C=N–C) groups is 1. The van der Waals surface area contributed by atoms with Gasteiger partial charge < -0.3 is 9.80 Å². The van der Waals surface area contributed by atoms with Gasteiger partial charge in [0, 0.05) is 24.9 Å². The highest BCUT2D eigenvalue weighted by atomic mass is 32.2. The van der Waals surface area contributed by atoms with Crippen LogP contribution < -0.4 is 0 Å². The maximum Gasteiger partial charge on any atom is 0.159 e. The second kappa shape index (κ2) is 7.32. The number of piperidine rings is 1. The van der Waals surface area contributed by atoms with Crippen LogP contribution in [0.3, 0.4) is 0 Å². The number of benzene rings is 1. The van der Waals surface area contributed by atoms with Crippen molar-refractivity contribution in [1.29, 1.82) is 0 Å². The Labute approximate surface area is 132 Å². The fourth-order valence-corrected chi connectivity index (χ4v) is 4.08. The molecule has 21 heavy (non-hydrogen) atoms. The number of likely N-dealkylation sites (tertiary alicyclic amines) is 1. The van der Waals surface area contributed by atoms with Gasteiger partial charge in [-0.3, -0.25) is 4.99 Å². The predicted octanol–water partition coefficient (Wildman–Crippen LogP) is 3.08. The third kappa shape index (κ3) is 4.01. The molecule has 0 aliphatic carbocycles. The fraction of sp³-hybridized carbons (Fsp3) is 0.588. The van der Waals surface area contributed by atoms with E-state index < -0.39 is 0 Å². The van der Waals surface area contributed by atoms with Gasteiger partial charge in [0.25, 0.3) is 0 Å². The largest absolute Gasteiger partial charge is 0.344 e. The summed E-state index contributed by atoms with van der Waals surface area (Å²) in [4.78, 5) is 9.83. The molecule has 4 heteroatoms. The number of hydrogen-bond acceptors (Lipinski definition) is 4. The topological polar surface area (TPSA) is 18.8 Å². The van der Waals surface area contributed by atoms with Crippen molar-refractivity contribution in [3.8, 4) is 0 Å². The van der Waals surface area contributed by atoms with Gasteiger partial charge in [-0.25, -0.2) is 0 Å². The molecule has 0 unspecified atom stereocenters. The van der Waals surface area contributed by atoms with Gasteiger partial charge in [0.15, 0.2) is 5.17 Å². The van der Waals surface area contributed by atoms with Gasteiger partial charge >= 0.3 is 0 Å². The van der Waals surface area contributed by atoms with Crippen LogP contribution in [0.25, 0.3) is 0 Å². The van der Waals surface area contributed by atoms with Crippen molar-refractivity contribution in [2.75, 3.05) is 32.4 Å². The van der Waals surface area contributed by atoms with E-state index in [1.807, 2.05) is 11.8 Å². The minimum Gasteiger partial charge on any atom is -0.344 e. The van der Waals surface area contributed by atoms with Crippen LogP contribution in [-0.2, 0) is 6.54 Å². The maximum absolute atomic E-state index is 4.81. The van der Waals surface area contributed by atoms with Gasteiger partial charge in [-0.15, -0.1) is 0 Å². The highest BCUT2D eigenvalue weighted by molar-refractivity contribution is 8.13. The second-order valence-electron chi connectivity index (χ2n) is 6.01. The van der Waals surface area contributed by atoms with E-state index in [1.165, 1.54) is 48.8 Å². The molecule has 2 aliphatic heterocycles. The second-order valence-corrected chi connectivity index (χ2v) is 7.08. The van der Waals surface area contributed by atoms with Crippen molar-refractivity contribution < 1.29 is 0 Å². The Balaban J connectivity index is 1.75. The molecule has 3 nitrogen and oxygen atoms in total. The Morgan fingerprint density at radius 1 is 1.24 bits per heavy atom. The average molecular weight is 303 g/mol. The van der Waals surface area contributed by atoms with E-state index in [4.69, 9.17) is 4.99 Å². The summed E-state index contributed by atoms with van der Waals surface area (Å²) in [6.45, 7) is 4.41. The zero-order valence-corrected chi connectivity index (χ0v) is 13.7. The zero-order valence-electron chi connectivity index (χ0n) is 12.9. The number of thioether (sulfide) groups is 1. The van der Waals surface area contributed by atoms with Gasteiger partial charge in [-0.05, 0) is 45.0 Å². The molecule has 1 fully saturated rings. The summed E-state index contributed by atoms with van der Waals surface area (Å²) in [7, 11) is 2.23. The molecule has 0 atom stereocenters. The summed E-state index contributed by atoms with van der Waals surface area (Å²) in [6.07, 6.45) is 3.73. The van der Waals surface area contributed by atoms with Crippen molar-refractivity contribution in [1.82, 2.24) is 9.80 Å². The van der Waals surface area contributed by atoms with E-state index in [0.717, 1.165) is 13.1 Å². The monoisotopic (exact) mass is 303 g/mol. The highest BCUT2D eigenvalue weighted by Gasteiger charge is 2.26. The van der Waals surface area contributed by atoms with E-state index in [2.05, 4.69) is 47.2 Å². The molecule has 2 heterocycles. The molecule has 0 amide bonds. The number of rotatable bonds is 3. The molecule has 0 radical (unpaired) electrons. The first-order valence-corrected chi connectivity index (χ1v) is 8.98. The summed E-state index contributed by atoms with van der Waals surface area (Å²) >= 11 is 1.95. The SMILES string of the molecule is CN1CCC(N(Cc2ccccc2)C2=NCCCS2)CC1. The molecule has 0 N–H and O–H groups in total. The standard InChI is InChI=1S/C17H25N3S/c1-19-11-8-16(9-12-19)20(17-18-10-5-13-21-17)14-15-6-3-2-4-7-15/h2-4,6-7,16H,5,8-14H2,1H3. The van der Waals surface area contributed by atoms with Crippen LogP contribution in [0.4, 0.5) is 0 Å². The van der Waals surface area contributed by atoms with Crippen molar-refractivity contribution in [2.24, 2.45) is 4.99 Å². The third-order valence-electron chi connectivity index (χ3n) is 4.35. The van der Waals surface area contributed by atoms with Gasteiger partial charge in [-0.1, -0.05) is 42.1 Å².